The van der Waals surface area contributed by atoms with E-state index >= 15 is 0 Å². The van der Waals surface area contributed by atoms with Gasteiger partial charge in [-0.2, -0.15) is 0 Å². The van der Waals surface area contributed by atoms with Gasteiger partial charge in [-0.05, 0) is 44.4 Å². The van der Waals surface area contributed by atoms with E-state index in [1.165, 1.54) is 12.3 Å². The first-order valence-corrected chi connectivity index (χ1v) is 8.53. The minimum Gasteiger partial charge on any atom is -0.507 e. The molecular weight excluding hydrogens is 332 g/mol. The predicted molar refractivity (Wildman–Crippen MR) is 99.2 cm³/mol. The van der Waals surface area contributed by atoms with Crippen molar-refractivity contribution in [3.05, 3.63) is 52.4 Å². The predicted octanol–water partition coefficient (Wildman–Crippen LogP) is 4.28. The van der Waals surface area contributed by atoms with Crippen molar-refractivity contribution in [1.82, 2.24) is 0 Å². The largest absolute Gasteiger partial charge is 0.507 e. The topological polar surface area (TPSA) is 68.9 Å². The fourth-order valence-corrected chi connectivity index (χ4v) is 3.36. The third-order valence-electron chi connectivity index (χ3n) is 4.86. The molecular formula is C21H20O5. The zero-order chi connectivity index (χ0) is 18.5. The lowest BCUT2D eigenvalue weighted by Gasteiger charge is -2.33. The van der Waals surface area contributed by atoms with Crippen LogP contribution in [0.3, 0.4) is 0 Å². The second-order valence-corrected chi connectivity index (χ2v) is 7.15. The lowest BCUT2D eigenvalue weighted by atomic mass is 9.92. The number of aromatic hydroxyl groups is 1. The second kappa shape index (κ2) is 5.80. The quantitative estimate of drug-likeness (QED) is 0.745. The third-order valence-corrected chi connectivity index (χ3v) is 4.86. The van der Waals surface area contributed by atoms with Gasteiger partial charge in [0.05, 0.1) is 12.7 Å². The molecule has 134 valence electrons. The summed E-state index contributed by atoms with van der Waals surface area (Å²) in [6.07, 6.45) is 2.84. The first-order chi connectivity index (χ1) is 12.4. The maximum absolute atomic E-state index is 13.2. The van der Waals surface area contributed by atoms with Crippen LogP contribution in [0.15, 0.2) is 45.8 Å². The summed E-state index contributed by atoms with van der Waals surface area (Å²) in [5.74, 6) is 1.25. The van der Waals surface area contributed by atoms with Crippen molar-refractivity contribution in [2.75, 3.05) is 7.11 Å². The van der Waals surface area contributed by atoms with E-state index < -0.39 is 5.60 Å². The van der Waals surface area contributed by atoms with Crippen LogP contribution in [0.4, 0.5) is 0 Å². The molecule has 0 fully saturated rings. The number of hydrogen-bond acceptors (Lipinski definition) is 5. The summed E-state index contributed by atoms with van der Waals surface area (Å²) in [5, 5.41) is 10.7. The number of rotatable bonds is 2. The average molecular weight is 352 g/mol. The summed E-state index contributed by atoms with van der Waals surface area (Å²) in [6.45, 7) is 3.95. The normalized spacial score (nSPS) is 15.3. The van der Waals surface area contributed by atoms with Gasteiger partial charge in [0, 0.05) is 11.6 Å². The van der Waals surface area contributed by atoms with Gasteiger partial charge < -0.3 is 19.0 Å². The smallest absolute Gasteiger partial charge is 0.204 e. The van der Waals surface area contributed by atoms with Crippen LogP contribution in [-0.2, 0) is 6.42 Å². The van der Waals surface area contributed by atoms with Crippen molar-refractivity contribution < 1.29 is 19.0 Å². The van der Waals surface area contributed by atoms with E-state index in [2.05, 4.69) is 0 Å². The highest BCUT2D eigenvalue weighted by atomic mass is 16.5. The van der Waals surface area contributed by atoms with Crippen LogP contribution in [0, 0.1) is 0 Å². The van der Waals surface area contributed by atoms with Crippen molar-refractivity contribution in [3.8, 4) is 28.4 Å². The number of ether oxygens (including phenoxy) is 2. The molecule has 0 amide bonds. The molecule has 0 bridgehead atoms. The van der Waals surface area contributed by atoms with Gasteiger partial charge >= 0.3 is 0 Å². The lowest BCUT2D eigenvalue weighted by Crippen LogP contribution is -2.33. The summed E-state index contributed by atoms with van der Waals surface area (Å²) < 4.78 is 16.9. The minimum absolute atomic E-state index is 0.100. The van der Waals surface area contributed by atoms with E-state index in [9.17, 15) is 9.90 Å². The van der Waals surface area contributed by atoms with Gasteiger partial charge in [0.1, 0.15) is 40.1 Å². The van der Waals surface area contributed by atoms with Crippen LogP contribution in [-0.4, -0.2) is 17.8 Å². The van der Waals surface area contributed by atoms with E-state index in [0.29, 0.717) is 40.0 Å². The molecule has 2 heterocycles. The molecule has 1 N–H and O–H groups in total. The van der Waals surface area contributed by atoms with Gasteiger partial charge in [0.15, 0.2) is 0 Å². The number of phenolic OH excluding ortho intramolecular Hbond substituents is 1. The molecule has 0 aliphatic carbocycles. The maximum atomic E-state index is 13.2. The number of fused-ring (bicyclic) bond motifs is 3. The summed E-state index contributed by atoms with van der Waals surface area (Å²) >= 11 is 0. The monoisotopic (exact) mass is 352 g/mol. The maximum Gasteiger partial charge on any atom is 0.204 e. The zero-order valence-electron chi connectivity index (χ0n) is 15.0. The molecule has 0 saturated carbocycles. The minimum atomic E-state index is -0.406. The Balaban J connectivity index is 1.97. The molecule has 4 rings (SSSR count). The Bertz CT molecular complexity index is 1040. The van der Waals surface area contributed by atoms with E-state index in [-0.39, 0.29) is 11.2 Å². The van der Waals surface area contributed by atoms with Crippen molar-refractivity contribution in [2.24, 2.45) is 0 Å². The Labute approximate surface area is 150 Å². The van der Waals surface area contributed by atoms with Crippen LogP contribution in [0.1, 0.15) is 25.8 Å². The summed E-state index contributed by atoms with van der Waals surface area (Å²) in [7, 11) is 1.59. The molecule has 2 aromatic carbocycles. The average Bonchev–Trinajstić information content (AvgIpc) is 2.61. The molecule has 0 atom stereocenters. The van der Waals surface area contributed by atoms with E-state index in [1.54, 1.807) is 19.2 Å². The molecule has 0 radical (unpaired) electrons. The Morgan fingerprint density at radius 1 is 1.19 bits per heavy atom. The first kappa shape index (κ1) is 16.5. The second-order valence-electron chi connectivity index (χ2n) is 7.15. The summed E-state index contributed by atoms with van der Waals surface area (Å²) in [4.78, 5) is 13.2. The fraction of sp³-hybridized carbons (Fsp3) is 0.286. The lowest BCUT2D eigenvalue weighted by molar-refractivity contribution is 0.0857. The van der Waals surface area contributed by atoms with Crippen molar-refractivity contribution in [2.45, 2.75) is 32.3 Å². The standard InChI is InChI=1S/C21H20O5/c1-21(2)9-8-14-16(22)10-17-18(20(14)26-21)19(23)15(11-25-17)12-4-6-13(24-3)7-5-12/h4-7,10-11,22H,8-9H2,1-3H3. The molecule has 0 spiro atoms. The van der Waals surface area contributed by atoms with Crippen molar-refractivity contribution in [1.29, 1.82) is 0 Å². The Morgan fingerprint density at radius 2 is 1.92 bits per heavy atom. The molecule has 1 aliphatic rings. The number of hydrogen-bond donors (Lipinski definition) is 1. The summed E-state index contributed by atoms with van der Waals surface area (Å²) in [5.41, 5.74) is 1.58. The SMILES string of the molecule is COc1ccc(-c2coc3cc(O)c4c(c3c2=O)OC(C)(C)CC4)cc1. The molecule has 1 aromatic heterocycles. The van der Waals surface area contributed by atoms with Crippen LogP contribution in [0.2, 0.25) is 0 Å². The Morgan fingerprint density at radius 3 is 2.62 bits per heavy atom. The van der Waals surface area contributed by atoms with Crippen LogP contribution >= 0.6 is 0 Å². The number of benzene rings is 2. The molecule has 5 nitrogen and oxygen atoms in total. The zero-order valence-corrected chi connectivity index (χ0v) is 15.0. The van der Waals surface area contributed by atoms with E-state index in [4.69, 9.17) is 13.9 Å². The number of phenols is 1. The van der Waals surface area contributed by atoms with E-state index in [1.807, 2.05) is 26.0 Å². The van der Waals surface area contributed by atoms with Crippen LogP contribution in [0.25, 0.3) is 22.1 Å². The first-order valence-electron chi connectivity index (χ1n) is 8.53. The van der Waals surface area contributed by atoms with Crippen molar-refractivity contribution in [3.63, 3.8) is 0 Å². The van der Waals surface area contributed by atoms with E-state index in [0.717, 1.165) is 12.0 Å². The number of methoxy groups -OCH3 is 1. The van der Waals surface area contributed by atoms with Crippen LogP contribution in [0.5, 0.6) is 17.2 Å². The fourth-order valence-electron chi connectivity index (χ4n) is 3.36. The highest BCUT2D eigenvalue weighted by Gasteiger charge is 2.31. The van der Waals surface area contributed by atoms with Gasteiger partial charge in [0.2, 0.25) is 5.43 Å². The van der Waals surface area contributed by atoms with Gasteiger partial charge in [-0.15, -0.1) is 0 Å². The molecule has 5 heteroatoms. The Kier molecular flexibility index (Phi) is 3.68. The molecule has 3 aromatic rings. The molecule has 26 heavy (non-hydrogen) atoms. The van der Waals surface area contributed by atoms with Gasteiger partial charge in [-0.1, -0.05) is 12.1 Å². The summed E-state index contributed by atoms with van der Waals surface area (Å²) in [6, 6.07) is 8.72. The van der Waals surface area contributed by atoms with Gasteiger partial charge in [0.25, 0.3) is 0 Å². The third kappa shape index (κ3) is 2.60. The van der Waals surface area contributed by atoms with Crippen molar-refractivity contribution >= 4 is 11.0 Å². The molecule has 1 aliphatic heterocycles. The highest BCUT2D eigenvalue weighted by molar-refractivity contribution is 5.90. The van der Waals surface area contributed by atoms with Gasteiger partial charge in [-0.3, -0.25) is 4.79 Å². The van der Waals surface area contributed by atoms with Crippen LogP contribution < -0.4 is 14.9 Å². The molecule has 0 saturated heterocycles. The molecule has 0 unspecified atom stereocenters. The Hall–Kier alpha value is -2.95. The van der Waals surface area contributed by atoms with Gasteiger partial charge in [-0.25, -0.2) is 0 Å². The highest BCUT2D eigenvalue weighted by Crippen LogP contribution is 2.42.